The lowest BCUT2D eigenvalue weighted by atomic mass is 9.84. The number of nitrogens with zero attached hydrogens (tertiary/aromatic N) is 4. The minimum atomic E-state index is -4.95. The number of pyridine rings is 1. The van der Waals surface area contributed by atoms with Crippen LogP contribution in [0.1, 0.15) is 25.1 Å². The third-order valence-corrected chi connectivity index (χ3v) is 5.74. The van der Waals surface area contributed by atoms with Crippen molar-refractivity contribution in [1.82, 2.24) is 20.3 Å². The number of hydrogen-bond acceptors (Lipinski definition) is 13. The molecule has 1 atom stereocenters. The fraction of sp³-hybridized carbons (Fsp3) is 0.333. The van der Waals surface area contributed by atoms with Crippen molar-refractivity contribution < 1.29 is 36.4 Å². The molecule has 2 aromatic heterocycles. The van der Waals surface area contributed by atoms with Gasteiger partial charge in [-0.3, -0.25) is 19.6 Å². The van der Waals surface area contributed by atoms with Crippen molar-refractivity contribution >= 4 is 50.2 Å². The number of anilines is 1. The van der Waals surface area contributed by atoms with Gasteiger partial charge in [0.1, 0.15) is 24.2 Å². The summed E-state index contributed by atoms with van der Waals surface area (Å²) in [5, 5.41) is 15.7. The minimum Gasteiger partial charge on any atom is -0.474 e. The van der Waals surface area contributed by atoms with E-state index in [1.807, 2.05) is 0 Å². The predicted molar refractivity (Wildman–Crippen MR) is 125 cm³/mol. The average molecular weight is 543 g/mol. The number of carbonyl (C=O) groups is 2. The van der Waals surface area contributed by atoms with Crippen LogP contribution in [0.4, 0.5) is 5.13 Å². The number of β-lactam (4-membered cyclic amide) rings is 1. The Kier molecular flexibility index (Phi) is 7.72. The molecule has 0 unspecified atom stereocenters. The molecule has 7 N–H and O–H groups in total. The Bertz CT molecular complexity index is 1310. The van der Waals surface area contributed by atoms with E-state index in [9.17, 15) is 18.0 Å². The number of nitrogens with one attached hydrogen (secondary N) is 2. The van der Waals surface area contributed by atoms with E-state index in [-0.39, 0.29) is 41.5 Å². The molecule has 1 fully saturated rings. The van der Waals surface area contributed by atoms with Crippen LogP contribution in [-0.4, -0.2) is 76.2 Å². The summed E-state index contributed by atoms with van der Waals surface area (Å²) in [6, 6.07) is 1.80. The van der Waals surface area contributed by atoms with Crippen LogP contribution in [0.25, 0.3) is 0 Å². The van der Waals surface area contributed by atoms with Crippen LogP contribution in [0.5, 0.6) is 5.88 Å². The zero-order valence-electron chi connectivity index (χ0n) is 18.9. The lowest BCUT2D eigenvalue weighted by Gasteiger charge is -2.50. The SMILES string of the molecule is CC1(C)[C@H](NC(=O)C(=NOCCOc2cc(C(=N)N)ccn2)c2csc(N)n2)C(=O)N1OS(=O)(=O)O. The van der Waals surface area contributed by atoms with Crippen LogP contribution in [0.15, 0.2) is 28.9 Å². The summed E-state index contributed by atoms with van der Waals surface area (Å²) in [6.45, 7) is 2.67. The highest BCUT2D eigenvalue weighted by Crippen LogP contribution is 2.32. The highest BCUT2D eigenvalue weighted by atomic mass is 32.3. The van der Waals surface area contributed by atoms with E-state index in [2.05, 4.69) is 24.7 Å². The first-order valence-electron chi connectivity index (χ1n) is 9.96. The van der Waals surface area contributed by atoms with Crippen LogP contribution < -0.4 is 21.5 Å². The van der Waals surface area contributed by atoms with Gasteiger partial charge in [-0.2, -0.15) is 13.5 Å². The molecule has 194 valence electrons. The van der Waals surface area contributed by atoms with Gasteiger partial charge in [-0.05, 0) is 19.9 Å². The molecule has 2 amide bonds. The van der Waals surface area contributed by atoms with Crippen molar-refractivity contribution in [2.45, 2.75) is 25.4 Å². The van der Waals surface area contributed by atoms with Gasteiger partial charge >= 0.3 is 10.4 Å². The molecule has 3 heterocycles. The van der Waals surface area contributed by atoms with Crippen molar-refractivity contribution in [3.63, 3.8) is 0 Å². The normalized spacial score (nSPS) is 17.3. The summed E-state index contributed by atoms with van der Waals surface area (Å²) in [7, 11) is -4.95. The molecule has 0 bridgehead atoms. The second kappa shape index (κ2) is 10.4. The first-order valence-corrected chi connectivity index (χ1v) is 12.2. The Labute approximate surface area is 208 Å². The van der Waals surface area contributed by atoms with Crippen molar-refractivity contribution in [2.24, 2.45) is 10.9 Å². The second-order valence-electron chi connectivity index (χ2n) is 7.68. The topological polar surface area (TPSA) is 246 Å². The Hall–Kier alpha value is -3.87. The van der Waals surface area contributed by atoms with Crippen LogP contribution >= 0.6 is 11.3 Å². The summed E-state index contributed by atoms with van der Waals surface area (Å²) < 4.78 is 40.4. The maximum Gasteiger partial charge on any atom is 0.418 e. The number of nitrogen functional groups attached to an aromatic ring is 2. The molecule has 2 aromatic rings. The summed E-state index contributed by atoms with van der Waals surface area (Å²) in [4.78, 5) is 38.4. The number of ether oxygens (including phenoxy) is 1. The van der Waals surface area contributed by atoms with E-state index in [4.69, 9.17) is 31.0 Å². The molecule has 0 radical (unpaired) electrons. The molecule has 0 aromatic carbocycles. The molecule has 0 spiro atoms. The summed E-state index contributed by atoms with van der Waals surface area (Å²) in [5.74, 6) is -1.74. The van der Waals surface area contributed by atoms with Crippen LogP contribution in [0.2, 0.25) is 0 Å². The molecular weight excluding hydrogens is 520 g/mol. The van der Waals surface area contributed by atoms with Crippen LogP contribution in [0.3, 0.4) is 0 Å². The van der Waals surface area contributed by atoms with Crippen molar-refractivity contribution in [3.05, 3.63) is 35.0 Å². The minimum absolute atomic E-state index is 0.0258. The Morgan fingerprint density at radius 3 is 2.72 bits per heavy atom. The van der Waals surface area contributed by atoms with Crippen LogP contribution in [0, 0.1) is 5.41 Å². The lowest BCUT2D eigenvalue weighted by Crippen LogP contribution is -2.76. The first kappa shape index (κ1) is 26.7. The maximum absolute atomic E-state index is 12.9. The van der Waals surface area contributed by atoms with E-state index in [1.54, 1.807) is 6.07 Å². The van der Waals surface area contributed by atoms with E-state index < -0.39 is 33.8 Å². The third-order valence-electron chi connectivity index (χ3n) is 4.73. The van der Waals surface area contributed by atoms with Crippen molar-refractivity contribution in [1.29, 1.82) is 5.41 Å². The molecule has 0 aliphatic carbocycles. The van der Waals surface area contributed by atoms with Gasteiger partial charge in [-0.15, -0.1) is 15.6 Å². The number of hydrogen-bond donors (Lipinski definition) is 5. The summed E-state index contributed by atoms with van der Waals surface area (Å²) in [6.07, 6.45) is 1.42. The van der Waals surface area contributed by atoms with Gasteiger partial charge in [0.15, 0.2) is 17.5 Å². The fourth-order valence-corrected chi connectivity index (χ4v) is 3.97. The molecule has 1 saturated heterocycles. The maximum atomic E-state index is 12.9. The number of thiazole rings is 1. The van der Waals surface area contributed by atoms with Crippen molar-refractivity contribution in [3.8, 4) is 5.88 Å². The standard InChI is InChI=1S/C18H22N8O8S2/c1-18(2)13(16(28)26(18)34-36(29,30)31)24-15(27)12(10-8-35-17(21)23-10)25-33-6-5-32-11-7-9(14(19)20)3-4-22-11/h3-4,7-8,13H,5-6H2,1-2H3,(H3,19,20)(H2,21,23)(H,24,27)(H,29,30,31)/t13-/m1/s1. The number of amides is 2. The molecule has 16 nitrogen and oxygen atoms in total. The van der Waals surface area contributed by atoms with Gasteiger partial charge < -0.3 is 26.4 Å². The molecule has 18 heteroatoms. The highest BCUT2D eigenvalue weighted by molar-refractivity contribution is 7.80. The number of hydroxylamine groups is 2. The Morgan fingerprint density at radius 1 is 1.42 bits per heavy atom. The van der Waals surface area contributed by atoms with E-state index in [0.717, 1.165) is 11.3 Å². The molecule has 1 aliphatic heterocycles. The number of aromatic nitrogens is 2. The number of oxime groups is 1. The van der Waals surface area contributed by atoms with Crippen molar-refractivity contribution in [2.75, 3.05) is 18.9 Å². The number of carbonyl (C=O) groups excluding carboxylic acids is 2. The van der Waals surface area contributed by atoms with Gasteiger partial charge in [0.05, 0.1) is 5.54 Å². The summed E-state index contributed by atoms with van der Waals surface area (Å²) >= 11 is 1.04. The smallest absolute Gasteiger partial charge is 0.418 e. The average Bonchev–Trinajstić information content (AvgIpc) is 3.23. The number of rotatable bonds is 11. The fourth-order valence-electron chi connectivity index (χ4n) is 2.97. The highest BCUT2D eigenvalue weighted by Gasteiger charge is 2.58. The van der Waals surface area contributed by atoms with Gasteiger partial charge in [-0.1, -0.05) is 5.16 Å². The second-order valence-corrected chi connectivity index (χ2v) is 9.58. The van der Waals surface area contributed by atoms with E-state index in [1.165, 1.54) is 31.5 Å². The summed E-state index contributed by atoms with van der Waals surface area (Å²) in [5.41, 5.74) is 9.93. The number of nitrogens with two attached hydrogens (primary N) is 2. The largest absolute Gasteiger partial charge is 0.474 e. The van der Waals surface area contributed by atoms with E-state index in [0.29, 0.717) is 10.6 Å². The molecule has 3 rings (SSSR count). The van der Waals surface area contributed by atoms with Crippen LogP contribution in [-0.2, 0) is 29.1 Å². The zero-order chi connectivity index (χ0) is 26.7. The van der Waals surface area contributed by atoms with Gasteiger partial charge in [-0.25, -0.2) is 9.97 Å². The number of amidine groups is 1. The lowest BCUT2D eigenvalue weighted by molar-refractivity contribution is -0.218. The molecule has 0 saturated carbocycles. The zero-order valence-corrected chi connectivity index (χ0v) is 20.5. The molecule has 36 heavy (non-hydrogen) atoms. The monoisotopic (exact) mass is 542 g/mol. The predicted octanol–water partition coefficient (Wildman–Crippen LogP) is -0.956. The third kappa shape index (κ3) is 6.22. The quantitative estimate of drug-likeness (QED) is 0.0575. The van der Waals surface area contributed by atoms with Gasteiger partial charge in [0, 0.05) is 23.2 Å². The first-order chi connectivity index (χ1) is 16.8. The molecule has 1 aliphatic rings. The Morgan fingerprint density at radius 2 is 2.14 bits per heavy atom. The molecular formula is C18H22N8O8S2. The van der Waals surface area contributed by atoms with E-state index >= 15 is 0 Å². The Balaban J connectivity index is 1.65. The van der Waals surface area contributed by atoms with Gasteiger partial charge in [0.25, 0.3) is 11.8 Å². The van der Waals surface area contributed by atoms with Gasteiger partial charge in [0.2, 0.25) is 5.88 Å².